The molecule has 0 radical (unpaired) electrons. The molecule has 4 heteroatoms. The number of benzene rings is 1. The number of methoxy groups -OCH3 is 1. The van der Waals surface area contributed by atoms with Crippen LogP contribution in [0.15, 0.2) is 18.2 Å². The fourth-order valence-corrected chi connectivity index (χ4v) is 1.79. The van der Waals surface area contributed by atoms with E-state index in [1.54, 1.807) is 7.11 Å². The van der Waals surface area contributed by atoms with Crippen LogP contribution < -0.4 is 15.8 Å². The molecule has 1 aromatic rings. The third kappa shape index (κ3) is 3.97. The van der Waals surface area contributed by atoms with Crippen molar-refractivity contribution in [2.75, 3.05) is 12.4 Å². The summed E-state index contributed by atoms with van der Waals surface area (Å²) in [5.74, 6) is 0.540. The van der Waals surface area contributed by atoms with Crippen molar-refractivity contribution in [3.63, 3.8) is 0 Å². The van der Waals surface area contributed by atoms with Gasteiger partial charge in [0.1, 0.15) is 5.75 Å². The molecule has 0 bridgehead atoms. The number of hydrogen-bond acceptors (Lipinski definition) is 3. The molecule has 20 heavy (non-hydrogen) atoms. The molecule has 0 aromatic heterocycles. The SMILES string of the molecule is COc1ccc(C(C)(C)C)cc1NC(=O)[C@@H](N)C(C)C. The van der Waals surface area contributed by atoms with Crippen LogP contribution >= 0.6 is 0 Å². The Morgan fingerprint density at radius 3 is 2.35 bits per heavy atom. The standard InChI is InChI=1S/C16H26N2O2/c1-10(2)14(17)15(19)18-12-9-11(16(3,4)5)7-8-13(12)20-6/h7-10,14H,17H2,1-6H3,(H,18,19)/t14-/m0/s1. The molecule has 3 N–H and O–H groups in total. The van der Waals surface area contributed by atoms with E-state index in [2.05, 4.69) is 26.1 Å². The van der Waals surface area contributed by atoms with E-state index in [-0.39, 0.29) is 17.2 Å². The lowest BCUT2D eigenvalue weighted by atomic mass is 9.86. The highest BCUT2D eigenvalue weighted by Gasteiger charge is 2.20. The zero-order chi connectivity index (χ0) is 15.5. The maximum absolute atomic E-state index is 12.1. The first-order valence-corrected chi connectivity index (χ1v) is 6.91. The summed E-state index contributed by atoms with van der Waals surface area (Å²) < 4.78 is 5.30. The summed E-state index contributed by atoms with van der Waals surface area (Å²) in [4.78, 5) is 12.1. The van der Waals surface area contributed by atoms with Crippen molar-refractivity contribution in [1.29, 1.82) is 0 Å². The number of nitrogens with two attached hydrogens (primary N) is 1. The van der Waals surface area contributed by atoms with Gasteiger partial charge in [-0.2, -0.15) is 0 Å². The largest absolute Gasteiger partial charge is 0.495 e. The first-order valence-electron chi connectivity index (χ1n) is 6.91. The smallest absolute Gasteiger partial charge is 0.241 e. The quantitative estimate of drug-likeness (QED) is 0.890. The Morgan fingerprint density at radius 1 is 1.30 bits per heavy atom. The molecule has 0 fully saturated rings. The highest BCUT2D eigenvalue weighted by atomic mass is 16.5. The van der Waals surface area contributed by atoms with E-state index >= 15 is 0 Å². The number of carbonyl (C=O) groups is 1. The van der Waals surface area contributed by atoms with Crippen LogP contribution in [0.5, 0.6) is 5.75 Å². The Labute approximate surface area is 121 Å². The predicted octanol–water partition coefficient (Wildman–Crippen LogP) is 2.91. The number of hydrogen-bond donors (Lipinski definition) is 2. The summed E-state index contributed by atoms with van der Waals surface area (Å²) in [6.07, 6.45) is 0. The van der Waals surface area contributed by atoms with E-state index in [0.717, 1.165) is 5.56 Å². The third-order valence-electron chi connectivity index (χ3n) is 3.34. The van der Waals surface area contributed by atoms with Crippen molar-refractivity contribution in [2.45, 2.75) is 46.1 Å². The van der Waals surface area contributed by atoms with Crippen molar-refractivity contribution in [3.8, 4) is 5.75 Å². The minimum Gasteiger partial charge on any atom is -0.495 e. The number of amides is 1. The van der Waals surface area contributed by atoms with Gasteiger partial charge in [-0.1, -0.05) is 40.7 Å². The van der Waals surface area contributed by atoms with E-state index in [0.29, 0.717) is 11.4 Å². The number of ether oxygens (including phenoxy) is 1. The molecule has 1 rings (SSSR count). The molecule has 0 saturated heterocycles. The molecular weight excluding hydrogens is 252 g/mol. The molecule has 0 heterocycles. The van der Waals surface area contributed by atoms with E-state index in [1.165, 1.54) is 0 Å². The van der Waals surface area contributed by atoms with Gasteiger partial charge in [0, 0.05) is 0 Å². The van der Waals surface area contributed by atoms with Crippen molar-refractivity contribution >= 4 is 11.6 Å². The van der Waals surface area contributed by atoms with Crippen LogP contribution in [0.2, 0.25) is 0 Å². The van der Waals surface area contributed by atoms with Crippen LogP contribution in [-0.4, -0.2) is 19.1 Å². The van der Waals surface area contributed by atoms with Crippen LogP contribution in [0.1, 0.15) is 40.2 Å². The van der Waals surface area contributed by atoms with Gasteiger partial charge in [-0.05, 0) is 29.0 Å². The maximum Gasteiger partial charge on any atom is 0.241 e. The summed E-state index contributed by atoms with van der Waals surface area (Å²) >= 11 is 0. The molecule has 1 amide bonds. The van der Waals surface area contributed by atoms with Gasteiger partial charge in [-0.15, -0.1) is 0 Å². The molecule has 0 aliphatic rings. The van der Waals surface area contributed by atoms with Crippen molar-refractivity contribution in [1.82, 2.24) is 0 Å². The van der Waals surface area contributed by atoms with E-state index < -0.39 is 6.04 Å². The fraction of sp³-hybridized carbons (Fsp3) is 0.562. The number of anilines is 1. The molecule has 0 unspecified atom stereocenters. The first kappa shape index (κ1) is 16.5. The fourth-order valence-electron chi connectivity index (χ4n) is 1.79. The van der Waals surface area contributed by atoms with Gasteiger partial charge < -0.3 is 15.8 Å². The van der Waals surface area contributed by atoms with Gasteiger partial charge in [-0.25, -0.2) is 0 Å². The van der Waals surface area contributed by atoms with Gasteiger partial charge in [0.15, 0.2) is 0 Å². The second-order valence-electron chi connectivity index (χ2n) is 6.42. The van der Waals surface area contributed by atoms with Gasteiger partial charge in [0.05, 0.1) is 18.8 Å². The van der Waals surface area contributed by atoms with E-state index in [1.807, 2.05) is 32.0 Å². The summed E-state index contributed by atoms with van der Waals surface area (Å²) in [5, 5.41) is 2.87. The van der Waals surface area contributed by atoms with E-state index in [4.69, 9.17) is 10.5 Å². The molecule has 0 spiro atoms. The topological polar surface area (TPSA) is 64.3 Å². The number of carbonyl (C=O) groups excluding carboxylic acids is 1. The first-order chi connectivity index (χ1) is 9.16. The second-order valence-corrected chi connectivity index (χ2v) is 6.42. The zero-order valence-corrected chi connectivity index (χ0v) is 13.3. The van der Waals surface area contributed by atoms with Gasteiger partial charge in [0.2, 0.25) is 5.91 Å². The Kier molecular flexibility index (Phi) is 5.17. The summed E-state index contributed by atoms with van der Waals surface area (Å²) in [5.41, 5.74) is 7.68. The molecule has 1 atom stereocenters. The summed E-state index contributed by atoms with van der Waals surface area (Å²) in [7, 11) is 1.59. The molecule has 0 aliphatic heterocycles. The van der Waals surface area contributed by atoms with Gasteiger partial charge in [0.25, 0.3) is 0 Å². The summed E-state index contributed by atoms with van der Waals surface area (Å²) in [6.45, 7) is 10.2. The van der Waals surface area contributed by atoms with Crippen LogP contribution in [0.25, 0.3) is 0 Å². The van der Waals surface area contributed by atoms with Crippen molar-refractivity contribution < 1.29 is 9.53 Å². The average Bonchev–Trinajstić information content (AvgIpc) is 2.36. The third-order valence-corrected chi connectivity index (χ3v) is 3.34. The normalized spacial score (nSPS) is 13.2. The number of rotatable bonds is 4. The predicted molar refractivity (Wildman–Crippen MR) is 83.1 cm³/mol. The lowest BCUT2D eigenvalue weighted by molar-refractivity contribution is -0.118. The molecule has 112 valence electrons. The summed E-state index contributed by atoms with van der Waals surface area (Å²) in [6, 6.07) is 5.30. The molecule has 4 nitrogen and oxygen atoms in total. The van der Waals surface area contributed by atoms with Gasteiger partial charge in [-0.3, -0.25) is 4.79 Å². The molecular formula is C16H26N2O2. The van der Waals surface area contributed by atoms with Crippen LogP contribution in [0.4, 0.5) is 5.69 Å². The molecule has 0 aliphatic carbocycles. The highest BCUT2D eigenvalue weighted by molar-refractivity contribution is 5.96. The number of nitrogens with one attached hydrogen (secondary N) is 1. The zero-order valence-electron chi connectivity index (χ0n) is 13.3. The van der Waals surface area contributed by atoms with Gasteiger partial charge >= 0.3 is 0 Å². The van der Waals surface area contributed by atoms with Crippen LogP contribution in [-0.2, 0) is 10.2 Å². The lowest BCUT2D eigenvalue weighted by Gasteiger charge is -2.22. The van der Waals surface area contributed by atoms with Crippen LogP contribution in [0.3, 0.4) is 0 Å². The lowest BCUT2D eigenvalue weighted by Crippen LogP contribution is -2.39. The molecule has 0 saturated carbocycles. The van der Waals surface area contributed by atoms with Crippen molar-refractivity contribution in [2.24, 2.45) is 11.7 Å². The Balaban J connectivity index is 3.06. The monoisotopic (exact) mass is 278 g/mol. The minimum atomic E-state index is -0.530. The Hall–Kier alpha value is -1.55. The van der Waals surface area contributed by atoms with Crippen LogP contribution in [0, 0.1) is 5.92 Å². The van der Waals surface area contributed by atoms with Crippen molar-refractivity contribution in [3.05, 3.63) is 23.8 Å². The highest BCUT2D eigenvalue weighted by Crippen LogP contribution is 2.31. The Morgan fingerprint density at radius 2 is 1.90 bits per heavy atom. The molecule has 1 aromatic carbocycles. The Bertz CT molecular complexity index is 476. The second kappa shape index (κ2) is 6.27. The van der Waals surface area contributed by atoms with E-state index in [9.17, 15) is 4.79 Å². The average molecular weight is 278 g/mol. The minimum absolute atomic E-state index is 0.00587. The maximum atomic E-state index is 12.1.